The summed E-state index contributed by atoms with van der Waals surface area (Å²) in [6, 6.07) is 0.0415. The van der Waals surface area contributed by atoms with Crippen molar-refractivity contribution in [1.82, 2.24) is 29.0 Å². The van der Waals surface area contributed by atoms with E-state index in [-0.39, 0.29) is 22.7 Å². The summed E-state index contributed by atoms with van der Waals surface area (Å²) in [4.78, 5) is 12.6. The van der Waals surface area contributed by atoms with E-state index in [0.717, 1.165) is 0 Å². The number of nitrogen functional groups attached to an aromatic ring is 2. The van der Waals surface area contributed by atoms with Gasteiger partial charge in [-0.2, -0.15) is 14.3 Å². The van der Waals surface area contributed by atoms with Crippen molar-refractivity contribution in [2.45, 2.75) is 37.6 Å². The predicted molar refractivity (Wildman–Crippen MR) is 97.2 cm³/mol. The maximum absolute atomic E-state index is 12.9. The molecule has 4 N–H and O–H groups in total. The molecule has 4 heterocycles. The number of hydrogen-bond acceptors (Lipinski definition) is 9. The van der Waals surface area contributed by atoms with E-state index in [4.69, 9.17) is 16.0 Å². The molecule has 0 saturated carbocycles. The van der Waals surface area contributed by atoms with E-state index < -0.39 is 10.0 Å². The van der Waals surface area contributed by atoms with Crippen LogP contribution in [0, 0.1) is 13.8 Å². The van der Waals surface area contributed by atoms with Gasteiger partial charge in [-0.25, -0.2) is 13.4 Å². The molecule has 3 aromatic rings. The highest BCUT2D eigenvalue weighted by atomic mass is 32.2. The molecule has 0 aliphatic carbocycles. The molecule has 0 bridgehead atoms. The first kappa shape index (κ1) is 17.7. The van der Waals surface area contributed by atoms with Crippen molar-refractivity contribution in [2.75, 3.05) is 24.6 Å². The smallest absolute Gasteiger partial charge is 0.248 e. The molecule has 0 radical (unpaired) electrons. The second kappa shape index (κ2) is 6.16. The lowest BCUT2D eigenvalue weighted by atomic mass is 10.1. The molecule has 0 spiro atoms. The molecule has 4 rings (SSSR count). The second-order valence-electron chi connectivity index (χ2n) is 6.58. The third-order valence-electron chi connectivity index (χ3n) is 4.85. The second-order valence-corrected chi connectivity index (χ2v) is 8.45. The fourth-order valence-electron chi connectivity index (χ4n) is 3.56. The molecule has 1 fully saturated rings. The topological polar surface area (TPSA) is 159 Å². The third-order valence-corrected chi connectivity index (χ3v) is 6.99. The summed E-state index contributed by atoms with van der Waals surface area (Å²) in [5.74, 6) is 0.618. The minimum Gasteiger partial charge on any atom is -0.382 e. The van der Waals surface area contributed by atoms with Gasteiger partial charge in [0.05, 0.1) is 6.33 Å². The number of nitrogens with zero attached hydrogens (tertiary/aromatic N) is 6. The Morgan fingerprint density at radius 2 is 1.89 bits per heavy atom. The number of imidazole rings is 1. The zero-order valence-electron chi connectivity index (χ0n) is 15.0. The Labute approximate surface area is 155 Å². The zero-order chi connectivity index (χ0) is 19.3. The van der Waals surface area contributed by atoms with Crippen molar-refractivity contribution in [3.63, 3.8) is 0 Å². The molecule has 144 valence electrons. The lowest BCUT2D eigenvalue weighted by Crippen LogP contribution is -2.39. The molecule has 1 saturated heterocycles. The molecule has 12 heteroatoms. The number of rotatable bonds is 3. The average molecular weight is 392 g/mol. The number of aromatic nitrogens is 5. The summed E-state index contributed by atoms with van der Waals surface area (Å²) in [7, 11) is -3.64. The normalized spacial score (nSPS) is 17.0. The highest BCUT2D eigenvalue weighted by Gasteiger charge is 2.34. The summed E-state index contributed by atoms with van der Waals surface area (Å²) in [6.45, 7) is 3.97. The van der Waals surface area contributed by atoms with E-state index in [1.165, 1.54) is 4.31 Å². The quantitative estimate of drug-likeness (QED) is 0.651. The van der Waals surface area contributed by atoms with Gasteiger partial charge in [0.15, 0.2) is 17.2 Å². The van der Waals surface area contributed by atoms with Gasteiger partial charge in [0.25, 0.3) is 0 Å². The van der Waals surface area contributed by atoms with Crippen LogP contribution in [0.1, 0.15) is 30.3 Å². The van der Waals surface area contributed by atoms with Crippen molar-refractivity contribution < 1.29 is 12.9 Å². The number of piperidine rings is 1. The Morgan fingerprint density at radius 1 is 1.19 bits per heavy atom. The summed E-state index contributed by atoms with van der Waals surface area (Å²) in [5, 5.41) is 3.75. The van der Waals surface area contributed by atoms with Gasteiger partial charge in [0.2, 0.25) is 16.0 Å². The molecule has 0 aromatic carbocycles. The SMILES string of the molecule is Cc1noc(C)c1S(=O)(=O)N1CCC(n2cnc3c(N)nc(N)nc32)CC1. The molecule has 0 amide bonds. The fraction of sp³-hybridized carbons (Fsp3) is 0.467. The van der Waals surface area contributed by atoms with Gasteiger partial charge in [0, 0.05) is 19.1 Å². The molecule has 0 atom stereocenters. The Balaban J connectivity index is 1.58. The van der Waals surface area contributed by atoms with Gasteiger partial charge in [-0.15, -0.1) is 0 Å². The van der Waals surface area contributed by atoms with Gasteiger partial charge in [-0.1, -0.05) is 5.16 Å². The summed E-state index contributed by atoms with van der Waals surface area (Å²) in [6.07, 6.45) is 2.87. The van der Waals surface area contributed by atoms with Crippen molar-refractivity contribution >= 4 is 33.0 Å². The highest BCUT2D eigenvalue weighted by Crippen LogP contribution is 2.31. The van der Waals surface area contributed by atoms with Crippen molar-refractivity contribution in [1.29, 1.82) is 0 Å². The first-order chi connectivity index (χ1) is 12.8. The third kappa shape index (κ3) is 2.80. The first-order valence-electron chi connectivity index (χ1n) is 8.47. The first-order valence-corrected chi connectivity index (χ1v) is 9.91. The lowest BCUT2D eigenvalue weighted by molar-refractivity contribution is 0.276. The van der Waals surface area contributed by atoms with Crippen LogP contribution in [0.4, 0.5) is 11.8 Å². The van der Waals surface area contributed by atoms with Gasteiger partial charge in [-0.3, -0.25) is 0 Å². The lowest BCUT2D eigenvalue weighted by Gasteiger charge is -2.31. The molecular weight excluding hydrogens is 372 g/mol. The van der Waals surface area contributed by atoms with Gasteiger partial charge in [0.1, 0.15) is 16.1 Å². The van der Waals surface area contributed by atoms with Crippen LogP contribution in [0.2, 0.25) is 0 Å². The minimum absolute atomic E-state index is 0.0415. The van der Waals surface area contributed by atoms with E-state index in [1.807, 2.05) is 4.57 Å². The number of aryl methyl sites for hydroxylation is 2. The van der Waals surface area contributed by atoms with E-state index in [0.29, 0.717) is 48.5 Å². The molecule has 27 heavy (non-hydrogen) atoms. The number of sulfonamides is 1. The predicted octanol–water partition coefficient (Wildman–Crippen LogP) is 0.621. The zero-order valence-corrected chi connectivity index (χ0v) is 15.8. The molecule has 1 aliphatic rings. The van der Waals surface area contributed by atoms with Crippen LogP contribution in [0.3, 0.4) is 0 Å². The molecular formula is C15H20N8O3S. The number of nitrogens with two attached hydrogens (primary N) is 2. The van der Waals surface area contributed by atoms with Gasteiger partial charge in [-0.05, 0) is 26.7 Å². The molecule has 11 nitrogen and oxygen atoms in total. The summed E-state index contributed by atoms with van der Waals surface area (Å²) < 4.78 is 34.3. The van der Waals surface area contributed by atoms with Gasteiger partial charge >= 0.3 is 0 Å². The highest BCUT2D eigenvalue weighted by molar-refractivity contribution is 7.89. The molecule has 1 aliphatic heterocycles. The van der Waals surface area contributed by atoms with Gasteiger partial charge < -0.3 is 20.6 Å². The maximum atomic E-state index is 12.9. The van der Waals surface area contributed by atoms with Crippen LogP contribution in [-0.2, 0) is 10.0 Å². The summed E-state index contributed by atoms with van der Waals surface area (Å²) >= 11 is 0. The van der Waals surface area contributed by atoms with Crippen molar-refractivity contribution in [2.24, 2.45) is 0 Å². The average Bonchev–Trinajstić information content (AvgIpc) is 3.18. The summed E-state index contributed by atoms with van der Waals surface area (Å²) in [5.41, 5.74) is 13.0. The number of hydrogen-bond donors (Lipinski definition) is 2. The van der Waals surface area contributed by atoms with E-state index in [9.17, 15) is 8.42 Å². The largest absolute Gasteiger partial charge is 0.382 e. The van der Waals surface area contributed by atoms with E-state index in [1.54, 1.807) is 20.2 Å². The van der Waals surface area contributed by atoms with Crippen molar-refractivity contribution in [3.8, 4) is 0 Å². The van der Waals surface area contributed by atoms with Crippen LogP contribution in [0.25, 0.3) is 11.2 Å². The number of fused-ring (bicyclic) bond motifs is 1. The van der Waals surface area contributed by atoms with Crippen LogP contribution < -0.4 is 11.5 Å². The van der Waals surface area contributed by atoms with E-state index >= 15 is 0 Å². The standard InChI is InChI=1S/C15H20N8O3S/c1-8-12(9(2)26-21-8)27(24,25)22-5-3-10(4-6-22)23-7-18-11-13(16)19-15(17)20-14(11)23/h7,10H,3-6H2,1-2H3,(H4,16,17,19,20). The Hall–Kier alpha value is -2.73. The Morgan fingerprint density at radius 3 is 2.52 bits per heavy atom. The van der Waals surface area contributed by atoms with Crippen molar-refractivity contribution in [3.05, 3.63) is 17.8 Å². The number of anilines is 2. The van der Waals surface area contributed by atoms with Crippen LogP contribution in [0.5, 0.6) is 0 Å². The van der Waals surface area contributed by atoms with E-state index in [2.05, 4.69) is 20.1 Å². The minimum atomic E-state index is -3.64. The molecule has 3 aromatic heterocycles. The fourth-order valence-corrected chi connectivity index (χ4v) is 5.32. The monoisotopic (exact) mass is 392 g/mol. The van der Waals surface area contributed by atoms with Crippen LogP contribution in [-0.4, -0.2) is 50.5 Å². The Kier molecular flexibility index (Phi) is 4.03. The molecule has 0 unspecified atom stereocenters. The van der Waals surface area contributed by atoms with Crippen LogP contribution in [0.15, 0.2) is 15.7 Å². The van der Waals surface area contributed by atoms with Crippen LogP contribution >= 0.6 is 0 Å². The maximum Gasteiger partial charge on any atom is 0.248 e. The Bertz CT molecular complexity index is 1090.